The summed E-state index contributed by atoms with van der Waals surface area (Å²) in [6, 6.07) is 11.8. The zero-order valence-corrected chi connectivity index (χ0v) is 14.8. The average molecular weight is 354 g/mol. The molecule has 0 aromatic heterocycles. The maximum absolute atomic E-state index is 13.7. The van der Waals surface area contributed by atoms with Crippen molar-refractivity contribution in [2.45, 2.75) is 44.9 Å². The number of anilines is 2. The van der Waals surface area contributed by atoms with Crippen molar-refractivity contribution in [2.75, 3.05) is 10.6 Å². The summed E-state index contributed by atoms with van der Waals surface area (Å²) in [5.74, 6) is -0.584. The predicted octanol–water partition coefficient (Wildman–Crippen LogP) is 5.08. The van der Waals surface area contributed by atoms with E-state index in [0.29, 0.717) is 17.2 Å². The Kier molecular flexibility index (Phi) is 5.66. The van der Waals surface area contributed by atoms with Crippen molar-refractivity contribution in [3.8, 4) is 0 Å². The van der Waals surface area contributed by atoms with Gasteiger partial charge in [-0.05, 0) is 54.7 Å². The third kappa shape index (κ3) is 4.48. The Bertz CT molecular complexity index is 796. The highest BCUT2D eigenvalue weighted by Crippen LogP contribution is 2.32. The number of halogens is 1. The molecular formula is C21H23FN2O2. The fourth-order valence-electron chi connectivity index (χ4n) is 3.43. The minimum absolute atomic E-state index is 0.0444. The summed E-state index contributed by atoms with van der Waals surface area (Å²) in [6.07, 6.45) is 6.29. The van der Waals surface area contributed by atoms with E-state index in [-0.39, 0.29) is 17.5 Å². The molecule has 26 heavy (non-hydrogen) atoms. The van der Waals surface area contributed by atoms with E-state index in [0.717, 1.165) is 0 Å². The van der Waals surface area contributed by atoms with Crippen molar-refractivity contribution < 1.29 is 14.0 Å². The van der Waals surface area contributed by atoms with Crippen molar-refractivity contribution in [1.29, 1.82) is 0 Å². The van der Waals surface area contributed by atoms with Crippen molar-refractivity contribution in [1.82, 2.24) is 0 Å². The molecule has 4 nitrogen and oxygen atoms in total. The number of nitrogens with one attached hydrogen (secondary N) is 2. The van der Waals surface area contributed by atoms with E-state index in [1.54, 1.807) is 0 Å². The van der Waals surface area contributed by atoms with E-state index in [1.807, 2.05) is 24.3 Å². The van der Waals surface area contributed by atoms with Gasteiger partial charge < -0.3 is 10.6 Å². The van der Waals surface area contributed by atoms with Gasteiger partial charge in [0.25, 0.3) is 5.91 Å². The first-order chi connectivity index (χ1) is 12.5. The predicted molar refractivity (Wildman–Crippen MR) is 101 cm³/mol. The third-order valence-electron chi connectivity index (χ3n) is 4.78. The molecule has 0 atom stereocenters. The Morgan fingerprint density at radius 2 is 1.65 bits per heavy atom. The Balaban J connectivity index is 1.68. The highest BCUT2D eigenvalue weighted by atomic mass is 19.1. The lowest BCUT2D eigenvalue weighted by Crippen LogP contribution is -2.13. The number of amides is 2. The summed E-state index contributed by atoms with van der Waals surface area (Å²) in [5, 5.41) is 5.15. The van der Waals surface area contributed by atoms with Crippen LogP contribution in [0, 0.1) is 5.82 Å². The normalized spacial score (nSPS) is 14.7. The second kappa shape index (κ2) is 8.13. The van der Waals surface area contributed by atoms with Gasteiger partial charge in [0, 0.05) is 18.2 Å². The molecule has 2 aromatic rings. The molecule has 0 aliphatic heterocycles. The van der Waals surface area contributed by atoms with Crippen molar-refractivity contribution >= 4 is 23.2 Å². The number of benzene rings is 2. The molecule has 2 aromatic carbocycles. The van der Waals surface area contributed by atoms with E-state index >= 15 is 0 Å². The van der Waals surface area contributed by atoms with E-state index in [1.165, 1.54) is 62.8 Å². The molecule has 0 unspecified atom stereocenters. The zero-order chi connectivity index (χ0) is 18.5. The molecule has 5 heteroatoms. The van der Waals surface area contributed by atoms with Crippen LogP contribution in [0.25, 0.3) is 0 Å². The van der Waals surface area contributed by atoms with Gasteiger partial charge in [-0.15, -0.1) is 0 Å². The van der Waals surface area contributed by atoms with Crippen LogP contribution in [0.3, 0.4) is 0 Å². The van der Waals surface area contributed by atoms with E-state index in [9.17, 15) is 14.0 Å². The summed E-state index contributed by atoms with van der Waals surface area (Å²) in [5.41, 5.74) is 2.31. The van der Waals surface area contributed by atoms with Gasteiger partial charge in [0.1, 0.15) is 5.82 Å². The minimum Gasteiger partial charge on any atom is -0.324 e. The minimum atomic E-state index is -0.546. The quantitative estimate of drug-likeness (QED) is 0.804. The molecule has 136 valence electrons. The van der Waals surface area contributed by atoms with Gasteiger partial charge in [-0.25, -0.2) is 4.39 Å². The molecule has 1 aliphatic rings. The maximum atomic E-state index is 13.7. The van der Waals surface area contributed by atoms with Gasteiger partial charge in [-0.3, -0.25) is 9.59 Å². The molecular weight excluding hydrogens is 331 g/mol. The molecule has 1 aliphatic carbocycles. The fourth-order valence-corrected chi connectivity index (χ4v) is 3.43. The van der Waals surface area contributed by atoms with Crippen LogP contribution in [-0.2, 0) is 4.79 Å². The van der Waals surface area contributed by atoms with Gasteiger partial charge in [0.05, 0.1) is 5.69 Å². The van der Waals surface area contributed by atoms with Crippen LogP contribution in [0.1, 0.15) is 60.9 Å². The van der Waals surface area contributed by atoms with Crippen LogP contribution >= 0.6 is 0 Å². The summed E-state index contributed by atoms with van der Waals surface area (Å²) in [7, 11) is 0. The highest BCUT2D eigenvalue weighted by molar-refractivity contribution is 6.04. The largest absolute Gasteiger partial charge is 0.324 e. The van der Waals surface area contributed by atoms with Crippen molar-refractivity contribution in [3.63, 3.8) is 0 Å². The topological polar surface area (TPSA) is 58.2 Å². The number of carbonyl (C=O) groups is 2. The highest BCUT2D eigenvalue weighted by Gasteiger charge is 2.16. The summed E-state index contributed by atoms with van der Waals surface area (Å²) < 4.78 is 13.7. The molecule has 0 radical (unpaired) electrons. The van der Waals surface area contributed by atoms with Crippen LogP contribution in [0.4, 0.5) is 15.8 Å². The van der Waals surface area contributed by atoms with Crippen LogP contribution in [0.2, 0.25) is 0 Å². The summed E-state index contributed by atoms with van der Waals surface area (Å²) in [6.45, 7) is 1.30. The smallest absolute Gasteiger partial charge is 0.255 e. The summed E-state index contributed by atoms with van der Waals surface area (Å²) in [4.78, 5) is 23.5. The molecule has 0 bridgehead atoms. The van der Waals surface area contributed by atoms with Gasteiger partial charge in [0.2, 0.25) is 5.91 Å². The first-order valence-electron chi connectivity index (χ1n) is 9.01. The van der Waals surface area contributed by atoms with Crippen LogP contribution in [0.15, 0.2) is 42.5 Å². The van der Waals surface area contributed by atoms with E-state index in [2.05, 4.69) is 10.6 Å². The lowest BCUT2D eigenvalue weighted by Gasteiger charge is -2.22. The Morgan fingerprint density at radius 3 is 2.31 bits per heavy atom. The van der Waals surface area contributed by atoms with Crippen LogP contribution < -0.4 is 10.6 Å². The SMILES string of the molecule is CC(=O)Nc1cc(NC(=O)c2ccc(C3CCCCC3)cc2)ccc1F. The standard InChI is InChI=1S/C21H23FN2O2/c1-14(25)23-20-13-18(11-12-19(20)22)24-21(26)17-9-7-16(8-10-17)15-5-3-2-4-6-15/h7-13,15H,2-6H2,1H3,(H,23,25)(H,24,26). The van der Waals surface area contributed by atoms with Gasteiger partial charge in [0.15, 0.2) is 0 Å². The monoisotopic (exact) mass is 354 g/mol. The lowest BCUT2D eigenvalue weighted by molar-refractivity contribution is -0.114. The number of rotatable bonds is 4. The second-order valence-electron chi connectivity index (χ2n) is 6.79. The molecule has 0 heterocycles. The molecule has 2 N–H and O–H groups in total. The molecule has 1 saturated carbocycles. The molecule has 2 amide bonds. The average Bonchev–Trinajstić information content (AvgIpc) is 2.65. The maximum Gasteiger partial charge on any atom is 0.255 e. The van der Waals surface area contributed by atoms with Gasteiger partial charge in [-0.2, -0.15) is 0 Å². The van der Waals surface area contributed by atoms with Crippen LogP contribution in [0.5, 0.6) is 0 Å². The van der Waals surface area contributed by atoms with E-state index < -0.39 is 5.82 Å². The van der Waals surface area contributed by atoms with Crippen molar-refractivity contribution in [2.24, 2.45) is 0 Å². The second-order valence-corrected chi connectivity index (χ2v) is 6.79. The Hall–Kier alpha value is -2.69. The van der Waals surface area contributed by atoms with Gasteiger partial charge in [-0.1, -0.05) is 31.4 Å². The molecule has 3 rings (SSSR count). The van der Waals surface area contributed by atoms with Crippen molar-refractivity contribution in [3.05, 3.63) is 59.4 Å². The Morgan fingerprint density at radius 1 is 0.962 bits per heavy atom. The number of hydrogen-bond donors (Lipinski definition) is 2. The third-order valence-corrected chi connectivity index (χ3v) is 4.78. The first kappa shape index (κ1) is 18.1. The molecule has 1 fully saturated rings. The lowest BCUT2D eigenvalue weighted by atomic mass is 9.84. The molecule has 0 saturated heterocycles. The first-order valence-corrected chi connectivity index (χ1v) is 9.01. The Labute approximate surface area is 152 Å². The summed E-state index contributed by atoms with van der Waals surface area (Å²) >= 11 is 0. The number of carbonyl (C=O) groups excluding carboxylic acids is 2. The van der Waals surface area contributed by atoms with Gasteiger partial charge >= 0.3 is 0 Å². The fraction of sp³-hybridized carbons (Fsp3) is 0.333. The zero-order valence-electron chi connectivity index (χ0n) is 14.8. The van der Waals surface area contributed by atoms with Crippen LogP contribution in [-0.4, -0.2) is 11.8 Å². The van der Waals surface area contributed by atoms with E-state index in [4.69, 9.17) is 0 Å². The number of hydrogen-bond acceptors (Lipinski definition) is 2. The molecule has 0 spiro atoms.